The van der Waals surface area contributed by atoms with Gasteiger partial charge in [0.1, 0.15) is 11.6 Å². The summed E-state index contributed by atoms with van der Waals surface area (Å²) in [6.07, 6.45) is 1.90. The van der Waals surface area contributed by atoms with Crippen LogP contribution in [0.15, 0.2) is 45.1 Å². The maximum atomic E-state index is 13.1. The molecule has 2 aromatic rings. The van der Waals surface area contributed by atoms with Gasteiger partial charge in [-0.1, -0.05) is 18.2 Å². The van der Waals surface area contributed by atoms with Crippen molar-refractivity contribution in [3.8, 4) is 5.75 Å². The molecule has 1 aliphatic carbocycles. The highest BCUT2D eigenvalue weighted by Crippen LogP contribution is 2.45. The van der Waals surface area contributed by atoms with Crippen LogP contribution >= 0.6 is 0 Å². The summed E-state index contributed by atoms with van der Waals surface area (Å²) in [5.41, 5.74) is 1.74. The van der Waals surface area contributed by atoms with Crippen molar-refractivity contribution in [2.75, 3.05) is 12.4 Å². The van der Waals surface area contributed by atoms with Crippen LogP contribution < -0.4 is 21.3 Å². The average molecular weight is 367 g/mol. The number of allylic oxidation sites excluding steroid dienone is 2. The first kappa shape index (κ1) is 17.3. The Labute approximate surface area is 155 Å². The fraction of sp³-hybridized carbons (Fsp3) is 0.350. The van der Waals surface area contributed by atoms with Crippen LogP contribution in [0.2, 0.25) is 0 Å². The number of carbonyl (C=O) groups excluding carboxylic acids is 1. The lowest BCUT2D eigenvalue weighted by molar-refractivity contribution is -0.116. The molecule has 0 unspecified atom stereocenters. The van der Waals surface area contributed by atoms with E-state index in [0.29, 0.717) is 35.5 Å². The molecule has 2 heterocycles. The fourth-order valence-corrected chi connectivity index (χ4v) is 4.11. The molecule has 1 N–H and O–H groups in total. The van der Waals surface area contributed by atoms with Gasteiger partial charge in [0, 0.05) is 37.3 Å². The summed E-state index contributed by atoms with van der Waals surface area (Å²) in [5.74, 6) is 0.524. The van der Waals surface area contributed by atoms with E-state index in [0.717, 1.165) is 22.2 Å². The van der Waals surface area contributed by atoms with E-state index in [4.69, 9.17) is 4.74 Å². The van der Waals surface area contributed by atoms with E-state index in [-0.39, 0.29) is 5.78 Å². The number of para-hydroxylation sites is 1. The van der Waals surface area contributed by atoms with E-state index >= 15 is 0 Å². The number of ether oxygens (including phenoxy) is 1. The number of methoxy groups -OCH3 is 1. The zero-order valence-corrected chi connectivity index (χ0v) is 15.5. The molecule has 1 aromatic heterocycles. The average Bonchev–Trinajstić information content (AvgIpc) is 2.69. The van der Waals surface area contributed by atoms with E-state index in [1.165, 1.54) is 11.6 Å². The lowest BCUT2D eigenvalue weighted by atomic mass is 9.76. The Morgan fingerprint density at radius 3 is 2.56 bits per heavy atom. The maximum Gasteiger partial charge on any atom is 0.332 e. The molecule has 27 heavy (non-hydrogen) atoms. The Kier molecular flexibility index (Phi) is 4.02. The number of hydrogen-bond donors (Lipinski definition) is 1. The van der Waals surface area contributed by atoms with Gasteiger partial charge in [-0.3, -0.25) is 18.7 Å². The highest BCUT2D eigenvalue weighted by molar-refractivity contribution is 6.01. The molecule has 0 amide bonds. The van der Waals surface area contributed by atoms with Crippen molar-refractivity contribution in [2.24, 2.45) is 14.1 Å². The molecule has 0 bridgehead atoms. The minimum absolute atomic E-state index is 0.0289. The predicted octanol–water partition coefficient (Wildman–Crippen LogP) is 1.66. The number of nitrogens with one attached hydrogen (secondary N) is 1. The Hall–Kier alpha value is -3.09. The summed E-state index contributed by atoms with van der Waals surface area (Å²) < 4.78 is 8.04. The third-order valence-corrected chi connectivity index (χ3v) is 5.45. The van der Waals surface area contributed by atoms with E-state index in [2.05, 4.69) is 5.32 Å². The van der Waals surface area contributed by atoms with E-state index in [9.17, 15) is 14.4 Å². The fourth-order valence-electron chi connectivity index (χ4n) is 4.11. The van der Waals surface area contributed by atoms with E-state index < -0.39 is 17.2 Å². The van der Waals surface area contributed by atoms with Crippen molar-refractivity contribution in [1.29, 1.82) is 0 Å². The first-order valence-corrected chi connectivity index (χ1v) is 8.91. The third kappa shape index (κ3) is 2.45. The van der Waals surface area contributed by atoms with Crippen molar-refractivity contribution in [2.45, 2.75) is 25.2 Å². The van der Waals surface area contributed by atoms with Gasteiger partial charge in [0.15, 0.2) is 5.78 Å². The molecule has 7 heteroatoms. The van der Waals surface area contributed by atoms with Crippen LogP contribution in [0, 0.1) is 0 Å². The lowest BCUT2D eigenvalue weighted by Gasteiger charge is -2.34. The normalized spacial score (nSPS) is 18.6. The van der Waals surface area contributed by atoms with E-state index in [1.54, 1.807) is 14.2 Å². The molecule has 0 saturated carbocycles. The van der Waals surface area contributed by atoms with Gasteiger partial charge < -0.3 is 10.1 Å². The molecule has 1 atom stereocenters. The number of anilines is 1. The van der Waals surface area contributed by atoms with Crippen LogP contribution in [0.25, 0.3) is 0 Å². The third-order valence-electron chi connectivity index (χ3n) is 5.45. The highest BCUT2D eigenvalue weighted by atomic mass is 16.5. The summed E-state index contributed by atoms with van der Waals surface area (Å²) >= 11 is 0. The van der Waals surface area contributed by atoms with Gasteiger partial charge in [-0.25, -0.2) is 4.79 Å². The number of hydrogen-bond acceptors (Lipinski definition) is 5. The van der Waals surface area contributed by atoms with Crippen LogP contribution in [0.5, 0.6) is 5.75 Å². The van der Waals surface area contributed by atoms with Crippen molar-refractivity contribution in [1.82, 2.24) is 9.13 Å². The van der Waals surface area contributed by atoms with Gasteiger partial charge in [0.2, 0.25) is 0 Å². The van der Waals surface area contributed by atoms with Crippen molar-refractivity contribution >= 4 is 11.6 Å². The number of rotatable bonds is 2. The summed E-state index contributed by atoms with van der Waals surface area (Å²) in [6.45, 7) is 0. The first-order valence-electron chi connectivity index (χ1n) is 8.91. The molecule has 0 saturated heterocycles. The summed E-state index contributed by atoms with van der Waals surface area (Å²) in [6, 6.07) is 7.40. The van der Waals surface area contributed by atoms with Crippen LogP contribution in [0.3, 0.4) is 0 Å². The van der Waals surface area contributed by atoms with Crippen LogP contribution in [0.1, 0.15) is 36.3 Å². The summed E-state index contributed by atoms with van der Waals surface area (Å²) in [4.78, 5) is 38.4. The number of Topliss-reactive ketones (excluding diaryl/α,β-unsaturated/α-hetero) is 1. The Morgan fingerprint density at radius 1 is 1.07 bits per heavy atom. The number of fused-ring (bicyclic) bond motifs is 1. The molecule has 7 nitrogen and oxygen atoms in total. The summed E-state index contributed by atoms with van der Waals surface area (Å²) in [7, 11) is 4.65. The maximum absolute atomic E-state index is 13.1. The van der Waals surface area contributed by atoms with Crippen molar-refractivity contribution in [3.63, 3.8) is 0 Å². The SMILES string of the molecule is COc1ccccc1[C@H]1C2=C(CCCC2=O)Nc2c1c(=O)n(C)c(=O)n2C. The van der Waals surface area contributed by atoms with Gasteiger partial charge in [0.25, 0.3) is 5.56 Å². The molecule has 0 radical (unpaired) electrons. The Morgan fingerprint density at radius 2 is 1.81 bits per heavy atom. The Balaban J connectivity index is 2.12. The smallest absolute Gasteiger partial charge is 0.332 e. The molecule has 1 aromatic carbocycles. The number of nitrogens with zero attached hydrogens (tertiary/aromatic N) is 2. The number of ketones is 1. The second-order valence-corrected chi connectivity index (χ2v) is 6.94. The second-order valence-electron chi connectivity index (χ2n) is 6.94. The predicted molar refractivity (Wildman–Crippen MR) is 101 cm³/mol. The number of carbonyl (C=O) groups is 1. The molecular formula is C20H21N3O4. The minimum atomic E-state index is -0.564. The van der Waals surface area contributed by atoms with Crippen LogP contribution in [-0.4, -0.2) is 22.0 Å². The van der Waals surface area contributed by atoms with E-state index in [1.807, 2.05) is 24.3 Å². The molecular weight excluding hydrogens is 346 g/mol. The lowest BCUT2D eigenvalue weighted by Crippen LogP contribution is -2.44. The molecule has 140 valence electrons. The molecule has 0 fully saturated rings. The van der Waals surface area contributed by atoms with Crippen molar-refractivity contribution in [3.05, 3.63) is 67.5 Å². The molecule has 4 rings (SSSR count). The molecule has 1 aliphatic heterocycles. The van der Waals surface area contributed by atoms with Gasteiger partial charge in [-0.15, -0.1) is 0 Å². The topological polar surface area (TPSA) is 82.3 Å². The van der Waals surface area contributed by atoms with Crippen LogP contribution in [-0.2, 0) is 18.9 Å². The van der Waals surface area contributed by atoms with Crippen LogP contribution in [0.4, 0.5) is 5.82 Å². The second kappa shape index (κ2) is 6.26. The monoisotopic (exact) mass is 367 g/mol. The first-order chi connectivity index (χ1) is 13.0. The number of aromatic nitrogens is 2. The number of benzene rings is 1. The molecule has 0 spiro atoms. The quantitative estimate of drug-likeness (QED) is 0.873. The Bertz CT molecular complexity index is 1110. The summed E-state index contributed by atoms with van der Waals surface area (Å²) in [5, 5.41) is 3.21. The zero-order valence-electron chi connectivity index (χ0n) is 15.5. The van der Waals surface area contributed by atoms with Gasteiger partial charge in [-0.2, -0.15) is 0 Å². The van der Waals surface area contributed by atoms with Gasteiger partial charge >= 0.3 is 5.69 Å². The standard InChI is InChI=1S/C20H21N3O4/c1-22-18-17(19(25)23(2)20(22)26)15(11-7-4-5-10-14(11)27-3)16-12(21-18)8-6-9-13(16)24/h4-5,7,10,15,21H,6,8-9H2,1-3H3/t15-/m0/s1. The van der Waals surface area contributed by atoms with Gasteiger partial charge in [-0.05, 0) is 18.9 Å². The molecule has 2 aliphatic rings. The zero-order chi connectivity index (χ0) is 19.3. The largest absolute Gasteiger partial charge is 0.496 e. The minimum Gasteiger partial charge on any atom is -0.496 e. The van der Waals surface area contributed by atoms with Gasteiger partial charge in [0.05, 0.1) is 18.6 Å². The highest BCUT2D eigenvalue weighted by Gasteiger charge is 2.39. The van der Waals surface area contributed by atoms with Crippen molar-refractivity contribution < 1.29 is 9.53 Å².